The van der Waals surface area contributed by atoms with Gasteiger partial charge in [0.15, 0.2) is 5.09 Å². The number of nitrogens with zero attached hydrogens (tertiary/aromatic N) is 1. The Balaban J connectivity index is 1.70. The van der Waals surface area contributed by atoms with Gasteiger partial charge in [-0.05, 0) is 61.8 Å². The third kappa shape index (κ3) is 1.48. The van der Waals surface area contributed by atoms with Crippen LogP contribution in [-0.2, 0) is 0 Å². The first kappa shape index (κ1) is 11.0. The van der Waals surface area contributed by atoms with Crippen molar-refractivity contribution < 1.29 is 4.42 Å². The van der Waals surface area contributed by atoms with Crippen LogP contribution in [0, 0.1) is 35.0 Å². The Labute approximate surface area is 113 Å². The summed E-state index contributed by atoms with van der Waals surface area (Å²) in [5.41, 5.74) is 0.599. The number of hydrogen-bond donors (Lipinski definition) is 1. The van der Waals surface area contributed by atoms with Gasteiger partial charge in [-0.25, -0.2) is 0 Å². The number of furan rings is 1. The summed E-state index contributed by atoms with van der Waals surface area (Å²) in [5, 5.41) is 9.52. The molecular formula is C15H17NOS. The summed E-state index contributed by atoms with van der Waals surface area (Å²) < 4.78 is 5.77. The molecule has 0 aliphatic heterocycles. The summed E-state index contributed by atoms with van der Waals surface area (Å²) in [6, 6.07) is 4.11. The second kappa shape index (κ2) is 3.81. The Morgan fingerprint density at radius 2 is 1.72 bits per heavy atom. The van der Waals surface area contributed by atoms with Crippen molar-refractivity contribution in [2.45, 2.75) is 43.1 Å². The molecule has 1 aromatic rings. The van der Waals surface area contributed by atoms with Crippen molar-refractivity contribution in [2.75, 3.05) is 0 Å². The standard InChI is InChI=1S/C15H17NOS/c16-7-12-6-13(17-15(12)18)14-10-2-8-1-9(4-10)5-11(14)3-8/h6,8-11,14,18H,1-5H2. The van der Waals surface area contributed by atoms with Crippen LogP contribution in [0.5, 0.6) is 0 Å². The maximum Gasteiger partial charge on any atom is 0.175 e. The van der Waals surface area contributed by atoms with Crippen LogP contribution in [0.4, 0.5) is 0 Å². The molecule has 2 nitrogen and oxygen atoms in total. The van der Waals surface area contributed by atoms with Crippen LogP contribution in [0.1, 0.15) is 49.3 Å². The Morgan fingerprint density at radius 3 is 2.22 bits per heavy atom. The van der Waals surface area contributed by atoms with Crippen LogP contribution in [-0.4, -0.2) is 0 Å². The summed E-state index contributed by atoms with van der Waals surface area (Å²) in [6.45, 7) is 0. The van der Waals surface area contributed by atoms with Crippen LogP contribution in [0.3, 0.4) is 0 Å². The van der Waals surface area contributed by atoms with E-state index >= 15 is 0 Å². The lowest BCUT2D eigenvalue weighted by Crippen LogP contribution is -2.43. The molecule has 4 aliphatic rings. The van der Waals surface area contributed by atoms with Gasteiger partial charge in [0.25, 0.3) is 0 Å². The molecule has 0 radical (unpaired) electrons. The second-order valence-corrected chi connectivity index (χ2v) is 6.84. The van der Waals surface area contributed by atoms with Gasteiger partial charge < -0.3 is 4.42 Å². The Hall–Kier alpha value is -0.880. The van der Waals surface area contributed by atoms with Gasteiger partial charge in [0.1, 0.15) is 17.4 Å². The van der Waals surface area contributed by atoms with E-state index in [-0.39, 0.29) is 0 Å². The zero-order valence-corrected chi connectivity index (χ0v) is 11.2. The molecule has 1 heterocycles. The summed E-state index contributed by atoms with van der Waals surface area (Å²) in [7, 11) is 0. The van der Waals surface area contributed by atoms with Gasteiger partial charge in [-0.1, -0.05) is 0 Å². The Kier molecular flexibility index (Phi) is 2.32. The van der Waals surface area contributed by atoms with Gasteiger partial charge in [0.05, 0.1) is 0 Å². The van der Waals surface area contributed by atoms with Gasteiger partial charge >= 0.3 is 0 Å². The molecule has 0 aromatic carbocycles. The normalized spacial score (nSPS) is 41.0. The molecule has 0 amide bonds. The SMILES string of the molecule is N#Cc1cc(C2C3CC4CC(C3)CC2C4)oc1S. The maximum atomic E-state index is 9.02. The highest BCUT2D eigenvalue weighted by Gasteiger charge is 2.49. The van der Waals surface area contributed by atoms with E-state index in [1.165, 1.54) is 32.1 Å². The van der Waals surface area contributed by atoms with E-state index in [1.807, 2.05) is 6.07 Å². The minimum Gasteiger partial charge on any atom is -0.453 e. The number of thiol groups is 1. The molecule has 18 heavy (non-hydrogen) atoms. The zero-order valence-electron chi connectivity index (χ0n) is 10.3. The molecule has 4 saturated carbocycles. The predicted octanol–water partition coefficient (Wildman–Crippen LogP) is 3.98. The van der Waals surface area contributed by atoms with Gasteiger partial charge in [-0.15, -0.1) is 12.6 Å². The quantitative estimate of drug-likeness (QED) is 0.774. The summed E-state index contributed by atoms with van der Waals surface area (Å²) in [5.74, 6) is 5.14. The molecule has 1 aromatic heterocycles. The molecule has 0 atom stereocenters. The van der Waals surface area contributed by atoms with Crippen molar-refractivity contribution in [2.24, 2.45) is 23.7 Å². The monoisotopic (exact) mass is 259 g/mol. The minimum absolute atomic E-state index is 0.501. The van der Waals surface area contributed by atoms with E-state index in [0.29, 0.717) is 16.6 Å². The highest BCUT2D eigenvalue weighted by molar-refractivity contribution is 7.80. The summed E-state index contributed by atoms with van der Waals surface area (Å²) >= 11 is 4.26. The molecule has 0 N–H and O–H groups in total. The molecule has 5 rings (SSSR count). The summed E-state index contributed by atoms with van der Waals surface area (Å²) in [4.78, 5) is 0. The predicted molar refractivity (Wildman–Crippen MR) is 70.5 cm³/mol. The Morgan fingerprint density at radius 1 is 1.11 bits per heavy atom. The van der Waals surface area contributed by atoms with Crippen molar-refractivity contribution in [1.82, 2.24) is 0 Å². The topological polar surface area (TPSA) is 36.9 Å². The van der Waals surface area contributed by atoms with Crippen molar-refractivity contribution in [3.63, 3.8) is 0 Å². The fourth-order valence-corrected chi connectivity index (χ4v) is 5.25. The minimum atomic E-state index is 0.501. The highest BCUT2D eigenvalue weighted by Crippen LogP contribution is 2.60. The Bertz CT molecular complexity index is 499. The lowest BCUT2D eigenvalue weighted by Gasteiger charge is -2.53. The first-order valence-electron chi connectivity index (χ1n) is 6.97. The van der Waals surface area contributed by atoms with Gasteiger partial charge in [0.2, 0.25) is 0 Å². The van der Waals surface area contributed by atoms with E-state index in [2.05, 4.69) is 18.7 Å². The van der Waals surface area contributed by atoms with Crippen molar-refractivity contribution in [1.29, 1.82) is 5.26 Å². The lowest BCUT2D eigenvalue weighted by molar-refractivity contribution is -0.0106. The van der Waals surface area contributed by atoms with E-state index < -0.39 is 0 Å². The number of hydrogen-bond acceptors (Lipinski definition) is 3. The van der Waals surface area contributed by atoms with Crippen LogP contribution < -0.4 is 0 Å². The van der Waals surface area contributed by atoms with Crippen LogP contribution in [0.15, 0.2) is 15.6 Å². The molecule has 4 fully saturated rings. The number of nitriles is 1. The highest BCUT2D eigenvalue weighted by atomic mass is 32.1. The van der Waals surface area contributed by atoms with Crippen LogP contribution >= 0.6 is 12.6 Å². The van der Waals surface area contributed by atoms with E-state index in [1.54, 1.807) is 0 Å². The molecule has 94 valence electrons. The first-order chi connectivity index (χ1) is 8.74. The van der Waals surface area contributed by atoms with Crippen molar-refractivity contribution in [3.8, 4) is 6.07 Å². The smallest absolute Gasteiger partial charge is 0.175 e. The maximum absolute atomic E-state index is 9.02. The van der Waals surface area contributed by atoms with E-state index in [4.69, 9.17) is 9.68 Å². The molecule has 3 heteroatoms. The number of rotatable bonds is 1. The van der Waals surface area contributed by atoms with E-state index in [0.717, 1.165) is 29.4 Å². The van der Waals surface area contributed by atoms with Crippen LogP contribution in [0.2, 0.25) is 0 Å². The molecule has 0 saturated heterocycles. The third-order valence-corrected chi connectivity index (χ3v) is 5.74. The first-order valence-corrected chi connectivity index (χ1v) is 7.42. The fourth-order valence-electron chi connectivity index (χ4n) is 5.03. The largest absolute Gasteiger partial charge is 0.453 e. The fraction of sp³-hybridized carbons (Fsp3) is 0.667. The molecule has 4 bridgehead atoms. The van der Waals surface area contributed by atoms with Gasteiger partial charge in [-0.3, -0.25) is 0 Å². The lowest BCUT2D eigenvalue weighted by atomic mass is 9.51. The third-order valence-electron chi connectivity index (χ3n) is 5.41. The zero-order chi connectivity index (χ0) is 12.3. The van der Waals surface area contributed by atoms with Gasteiger partial charge in [0, 0.05) is 5.92 Å². The average Bonchev–Trinajstić information content (AvgIpc) is 2.69. The second-order valence-electron chi connectivity index (χ2n) is 6.44. The average molecular weight is 259 g/mol. The molecule has 0 unspecified atom stereocenters. The van der Waals surface area contributed by atoms with Gasteiger partial charge in [-0.2, -0.15) is 5.26 Å². The van der Waals surface area contributed by atoms with Crippen molar-refractivity contribution in [3.05, 3.63) is 17.4 Å². The van der Waals surface area contributed by atoms with E-state index in [9.17, 15) is 0 Å². The van der Waals surface area contributed by atoms with Crippen molar-refractivity contribution >= 4 is 12.6 Å². The summed E-state index contributed by atoms with van der Waals surface area (Å²) in [6.07, 6.45) is 6.98. The molecular weight excluding hydrogens is 242 g/mol. The van der Waals surface area contributed by atoms with Crippen LogP contribution in [0.25, 0.3) is 0 Å². The molecule has 0 spiro atoms. The molecule has 4 aliphatic carbocycles.